The van der Waals surface area contributed by atoms with Gasteiger partial charge in [-0.05, 0) is 6.42 Å². The highest BCUT2D eigenvalue weighted by Gasteiger charge is 2.10. The summed E-state index contributed by atoms with van der Waals surface area (Å²) in [4.78, 5) is 7.08. The van der Waals surface area contributed by atoms with E-state index in [-0.39, 0.29) is 0 Å². The van der Waals surface area contributed by atoms with E-state index in [4.69, 9.17) is 5.26 Å². The molecule has 0 atom stereocenters. The molecule has 1 aromatic heterocycles. The Hall–Kier alpha value is -1.08. The fraction of sp³-hybridized carbons (Fsp3) is 0.556. The maximum Gasteiger partial charge on any atom is 0.186 e. The van der Waals surface area contributed by atoms with Gasteiger partial charge in [0, 0.05) is 14.1 Å². The van der Waals surface area contributed by atoms with Crippen molar-refractivity contribution in [2.75, 3.05) is 19.0 Å². The zero-order chi connectivity index (χ0) is 9.84. The molecule has 0 unspecified atom stereocenters. The predicted octanol–water partition coefficient (Wildman–Crippen LogP) is 2.03. The molecule has 1 aromatic rings. The SMILES string of the molecule is CCCc1nc(N(C)C)sc1C#N. The number of anilines is 1. The van der Waals surface area contributed by atoms with Gasteiger partial charge in [-0.1, -0.05) is 24.7 Å². The Bertz CT molecular complexity index is 322. The molecular weight excluding hydrogens is 182 g/mol. The third-order valence-electron chi connectivity index (χ3n) is 1.66. The molecule has 4 heteroatoms. The van der Waals surface area contributed by atoms with Crippen LogP contribution in [-0.2, 0) is 6.42 Å². The molecule has 1 heterocycles. The number of hydrogen-bond acceptors (Lipinski definition) is 4. The summed E-state index contributed by atoms with van der Waals surface area (Å²) in [5.41, 5.74) is 0.943. The first kappa shape index (κ1) is 10.0. The second-order valence-electron chi connectivity index (χ2n) is 3.03. The Morgan fingerprint density at radius 2 is 2.23 bits per heavy atom. The molecule has 0 saturated carbocycles. The second kappa shape index (κ2) is 4.24. The summed E-state index contributed by atoms with van der Waals surface area (Å²) in [6.45, 7) is 2.09. The highest BCUT2D eigenvalue weighted by Crippen LogP contribution is 2.24. The number of thiazole rings is 1. The van der Waals surface area contributed by atoms with Gasteiger partial charge in [0.2, 0.25) is 0 Å². The molecule has 0 spiro atoms. The highest BCUT2D eigenvalue weighted by atomic mass is 32.1. The average Bonchev–Trinajstić information content (AvgIpc) is 2.48. The fourth-order valence-electron chi connectivity index (χ4n) is 1.02. The van der Waals surface area contributed by atoms with Crippen LogP contribution < -0.4 is 4.90 Å². The zero-order valence-corrected chi connectivity index (χ0v) is 8.98. The van der Waals surface area contributed by atoms with Gasteiger partial charge in [0.15, 0.2) is 5.13 Å². The monoisotopic (exact) mass is 195 g/mol. The van der Waals surface area contributed by atoms with Crippen LogP contribution in [0.15, 0.2) is 0 Å². The number of nitrogens with zero attached hydrogens (tertiary/aromatic N) is 3. The van der Waals surface area contributed by atoms with Crippen LogP contribution in [0.1, 0.15) is 23.9 Å². The minimum absolute atomic E-state index is 0.755. The van der Waals surface area contributed by atoms with Gasteiger partial charge in [0.25, 0.3) is 0 Å². The van der Waals surface area contributed by atoms with Crippen LogP contribution in [0.4, 0.5) is 5.13 Å². The molecule has 0 aromatic carbocycles. The van der Waals surface area contributed by atoms with Crippen molar-refractivity contribution in [2.24, 2.45) is 0 Å². The summed E-state index contributed by atoms with van der Waals surface area (Å²) in [7, 11) is 3.88. The zero-order valence-electron chi connectivity index (χ0n) is 8.16. The number of nitriles is 1. The fourth-order valence-corrected chi connectivity index (χ4v) is 1.86. The molecule has 0 saturated heterocycles. The normalized spacial score (nSPS) is 9.69. The molecular formula is C9H13N3S. The molecule has 0 N–H and O–H groups in total. The minimum Gasteiger partial charge on any atom is -0.354 e. The summed E-state index contributed by atoms with van der Waals surface area (Å²) in [6.07, 6.45) is 1.93. The second-order valence-corrected chi connectivity index (χ2v) is 4.01. The van der Waals surface area contributed by atoms with E-state index in [0.29, 0.717) is 0 Å². The average molecular weight is 195 g/mol. The van der Waals surface area contributed by atoms with E-state index in [1.807, 2.05) is 19.0 Å². The molecule has 0 aliphatic carbocycles. The first-order valence-corrected chi connectivity index (χ1v) is 5.07. The van der Waals surface area contributed by atoms with Crippen LogP contribution in [0, 0.1) is 11.3 Å². The van der Waals surface area contributed by atoms with E-state index >= 15 is 0 Å². The van der Waals surface area contributed by atoms with Crippen molar-refractivity contribution in [1.82, 2.24) is 4.98 Å². The smallest absolute Gasteiger partial charge is 0.186 e. The van der Waals surface area contributed by atoms with Crippen molar-refractivity contribution in [2.45, 2.75) is 19.8 Å². The van der Waals surface area contributed by atoms with Crippen molar-refractivity contribution < 1.29 is 0 Å². The van der Waals surface area contributed by atoms with E-state index in [1.54, 1.807) is 0 Å². The van der Waals surface area contributed by atoms with Gasteiger partial charge in [-0.15, -0.1) is 0 Å². The van der Waals surface area contributed by atoms with Crippen LogP contribution in [0.3, 0.4) is 0 Å². The lowest BCUT2D eigenvalue weighted by Gasteiger charge is -2.05. The molecule has 0 radical (unpaired) electrons. The Labute approximate surface area is 82.6 Å². The van der Waals surface area contributed by atoms with Crippen LogP contribution in [0.25, 0.3) is 0 Å². The number of hydrogen-bond donors (Lipinski definition) is 0. The topological polar surface area (TPSA) is 39.9 Å². The van der Waals surface area contributed by atoms with Gasteiger partial charge >= 0.3 is 0 Å². The van der Waals surface area contributed by atoms with E-state index < -0.39 is 0 Å². The van der Waals surface area contributed by atoms with Crippen molar-refractivity contribution >= 4 is 16.5 Å². The Balaban J connectivity index is 2.99. The van der Waals surface area contributed by atoms with Crippen LogP contribution >= 0.6 is 11.3 Å². The lowest BCUT2D eigenvalue weighted by atomic mass is 10.2. The first-order chi connectivity index (χ1) is 6.19. The van der Waals surface area contributed by atoms with E-state index in [0.717, 1.165) is 28.5 Å². The molecule has 0 bridgehead atoms. The van der Waals surface area contributed by atoms with Gasteiger partial charge in [-0.3, -0.25) is 0 Å². The van der Waals surface area contributed by atoms with Gasteiger partial charge in [-0.2, -0.15) is 5.26 Å². The van der Waals surface area contributed by atoms with Crippen molar-refractivity contribution in [3.63, 3.8) is 0 Å². The minimum atomic E-state index is 0.755. The van der Waals surface area contributed by atoms with Crippen molar-refractivity contribution in [3.8, 4) is 6.07 Å². The predicted molar refractivity (Wildman–Crippen MR) is 55.2 cm³/mol. The third kappa shape index (κ3) is 2.19. The quantitative estimate of drug-likeness (QED) is 0.741. The summed E-state index contributed by atoms with van der Waals surface area (Å²) in [5, 5.41) is 9.76. The summed E-state index contributed by atoms with van der Waals surface area (Å²) >= 11 is 1.46. The van der Waals surface area contributed by atoms with Crippen LogP contribution in [0.2, 0.25) is 0 Å². The number of aryl methyl sites for hydroxylation is 1. The molecule has 70 valence electrons. The van der Waals surface area contributed by atoms with Gasteiger partial charge < -0.3 is 4.90 Å². The third-order valence-corrected chi connectivity index (χ3v) is 2.83. The summed E-state index contributed by atoms with van der Waals surface area (Å²) < 4.78 is 0. The van der Waals surface area contributed by atoms with Crippen molar-refractivity contribution in [3.05, 3.63) is 10.6 Å². The number of aromatic nitrogens is 1. The van der Waals surface area contributed by atoms with Gasteiger partial charge in [-0.25, -0.2) is 4.98 Å². The summed E-state index contributed by atoms with van der Waals surface area (Å²) in [6, 6.07) is 2.18. The summed E-state index contributed by atoms with van der Waals surface area (Å²) in [5.74, 6) is 0. The molecule has 0 aliphatic heterocycles. The molecule has 0 fully saturated rings. The highest BCUT2D eigenvalue weighted by molar-refractivity contribution is 7.16. The largest absolute Gasteiger partial charge is 0.354 e. The lowest BCUT2D eigenvalue weighted by molar-refractivity contribution is 0.885. The molecule has 0 aliphatic rings. The number of rotatable bonds is 3. The maximum absolute atomic E-state index is 8.84. The molecule has 13 heavy (non-hydrogen) atoms. The lowest BCUT2D eigenvalue weighted by Crippen LogP contribution is -2.07. The Morgan fingerprint density at radius 3 is 2.69 bits per heavy atom. The van der Waals surface area contributed by atoms with E-state index in [9.17, 15) is 0 Å². The van der Waals surface area contributed by atoms with Gasteiger partial charge in [0.1, 0.15) is 10.9 Å². The van der Waals surface area contributed by atoms with Gasteiger partial charge in [0.05, 0.1) is 5.69 Å². The van der Waals surface area contributed by atoms with Crippen LogP contribution in [0.5, 0.6) is 0 Å². The first-order valence-electron chi connectivity index (χ1n) is 4.26. The van der Waals surface area contributed by atoms with E-state index in [1.165, 1.54) is 11.3 Å². The van der Waals surface area contributed by atoms with E-state index in [2.05, 4.69) is 18.0 Å². The van der Waals surface area contributed by atoms with Crippen molar-refractivity contribution in [1.29, 1.82) is 5.26 Å². The maximum atomic E-state index is 8.84. The standard InChI is InChI=1S/C9H13N3S/c1-4-5-7-8(6-10)13-9(11-7)12(2)3/h4-5H2,1-3H3. The Morgan fingerprint density at radius 1 is 1.54 bits per heavy atom. The Kier molecular flexibility index (Phi) is 3.26. The molecule has 0 amide bonds. The van der Waals surface area contributed by atoms with Crippen LogP contribution in [-0.4, -0.2) is 19.1 Å². The molecule has 3 nitrogen and oxygen atoms in total. The molecule has 1 rings (SSSR count).